The molecule has 1 aliphatic heterocycles. The number of amides is 1. The summed E-state index contributed by atoms with van der Waals surface area (Å²) in [6.07, 6.45) is 0.312. The average Bonchev–Trinajstić information content (AvgIpc) is 2.62. The molecule has 0 spiro atoms. The first kappa shape index (κ1) is 19.7. The van der Waals surface area contributed by atoms with Crippen molar-refractivity contribution in [2.24, 2.45) is 0 Å². The number of para-hydroxylation sites is 1. The minimum atomic E-state index is -1.07. The Labute approximate surface area is 159 Å². The van der Waals surface area contributed by atoms with Crippen LogP contribution in [-0.4, -0.2) is 45.5 Å². The van der Waals surface area contributed by atoms with E-state index in [2.05, 4.69) is 10.4 Å². The van der Waals surface area contributed by atoms with Crippen LogP contribution in [0.4, 0.5) is 4.39 Å². The van der Waals surface area contributed by atoms with Crippen molar-refractivity contribution in [3.05, 3.63) is 57.8 Å². The largest absolute Gasteiger partial charge is 0.481 e. The molecule has 1 aliphatic rings. The molecule has 28 heavy (non-hydrogen) atoms. The highest BCUT2D eigenvalue weighted by Gasteiger charge is 2.37. The number of benzene rings is 1. The van der Waals surface area contributed by atoms with E-state index in [9.17, 15) is 23.9 Å². The second kappa shape index (κ2) is 7.89. The molecule has 148 valence electrons. The van der Waals surface area contributed by atoms with Crippen LogP contribution in [0.25, 0.3) is 5.69 Å². The van der Waals surface area contributed by atoms with E-state index in [1.54, 1.807) is 13.0 Å². The van der Waals surface area contributed by atoms with Gasteiger partial charge in [-0.25, -0.2) is 9.07 Å². The molecule has 0 aliphatic carbocycles. The summed E-state index contributed by atoms with van der Waals surface area (Å²) in [5.74, 6) is -2.42. The molecule has 8 nitrogen and oxygen atoms in total. The Bertz CT molecular complexity index is 966. The minimum Gasteiger partial charge on any atom is -0.481 e. The van der Waals surface area contributed by atoms with Gasteiger partial charge in [0.25, 0.3) is 5.91 Å². The van der Waals surface area contributed by atoms with Crippen LogP contribution in [0.5, 0.6) is 0 Å². The summed E-state index contributed by atoms with van der Waals surface area (Å²) in [5, 5.41) is 15.9. The number of carboxylic acids is 1. The van der Waals surface area contributed by atoms with E-state index in [1.807, 2.05) is 0 Å². The Hall–Kier alpha value is -3.07. The van der Waals surface area contributed by atoms with Crippen molar-refractivity contribution >= 4 is 11.9 Å². The summed E-state index contributed by atoms with van der Waals surface area (Å²) < 4.78 is 20.6. The van der Waals surface area contributed by atoms with Crippen LogP contribution in [0.1, 0.15) is 35.4 Å². The zero-order valence-electron chi connectivity index (χ0n) is 15.3. The summed E-state index contributed by atoms with van der Waals surface area (Å²) in [5.41, 5.74) is -1.62. The lowest BCUT2D eigenvalue weighted by atomic mass is 9.86. The van der Waals surface area contributed by atoms with Gasteiger partial charge in [0.15, 0.2) is 5.69 Å². The maximum atomic E-state index is 14.1. The van der Waals surface area contributed by atoms with Crippen molar-refractivity contribution in [1.29, 1.82) is 0 Å². The van der Waals surface area contributed by atoms with Crippen LogP contribution in [0.15, 0.2) is 35.1 Å². The lowest BCUT2D eigenvalue weighted by Crippen LogP contribution is -2.54. The number of rotatable bonds is 5. The highest BCUT2D eigenvalue weighted by Crippen LogP contribution is 2.25. The zero-order chi connectivity index (χ0) is 20.3. The van der Waals surface area contributed by atoms with Gasteiger partial charge in [-0.2, -0.15) is 5.10 Å². The molecule has 1 aromatic carbocycles. The van der Waals surface area contributed by atoms with E-state index in [0.29, 0.717) is 31.7 Å². The summed E-state index contributed by atoms with van der Waals surface area (Å²) in [6.45, 7) is 2.18. The van der Waals surface area contributed by atoms with Gasteiger partial charge in [-0.1, -0.05) is 12.1 Å². The van der Waals surface area contributed by atoms with Crippen molar-refractivity contribution < 1.29 is 23.8 Å². The van der Waals surface area contributed by atoms with Crippen molar-refractivity contribution in [2.75, 3.05) is 13.2 Å². The molecule has 9 heteroatoms. The van der Waals surface area contributed by atoms with Gasteiger partial charge in [-0.05, 0) is 31.9 Å². The lowest BCUT2D eigenvalue weighted by Gasteiger charge is -2.36. The molecule has 0 atom stereocenters. The number of hydrogen-bond donors (Lipinski definition) is 2. The van der Waals surface area contributed by atoms with Crippen LogP contribution in [-0.2, 0) is 9.53 Å². The number of aromatic nitrogens is 2. The zero-order valence-corrected chi connectivity index (χ0v) is 15.3. The van der Waals surface area contributed by atoms with Gasteiger partial charge in [0, 0.05) is 25.0 Å². The SMILES string of the molecule is Cc1cc(=O)c(C(=O)NC2(CC(=O)O)CCOCC2)nn1-c1ccccc1F. The minimum absolute atomic E-state index is 0.0976. The van der Waals surface area contributed by atoms with E-state index in [4.69, 9.17) is 4.74 Å². The smallest absolute Gasteiger partial charge is 0.305 e. The maximum Gasteiger partial charge on any atom is 0.305 e. The van der Waals surface area contributed by atoms with E-state index < -0.39 is 34.4 Å². The number of ether oxygens (including phenoxy) is 1. The highest BCUT2D eigenvalue weighted by molar-refractivity contribution is 5.93. The standard InChI is InChI=1S/C19H20FN3O5/c1-12-10-15(24)17(22-23(12)14-5-3-2-4-13(14)20)18(27)21-19(11-16(25)26)6-8-28-9-7-19/h2-5,10H,6-9,11H2,1H3,(H,21,27)(H,25,26). The molecule has 1 amide bonds. The third-order valence-electron chi connectivity index (χ3n) is 4.72. The van der Waals surface area contributed by atoms with Gasteiger partial charge in [0.2, 0.25) is 5.43 Å². The fourth-order valence-electron chi connectivity index (χ4n) is 3.27. The molecule has 1 aromatic heterocycles. The van der Waals surface area contributed by atoms with Crippen molar-refractivity contribution in [3.8, 4) is 5.69 Å². The number of nitrogens with zero attached hydrogens (tertiary/aromatic N) is 2. The number of carbonyl (C=O) groups excluding carboxylic acids is 1. The van der Waals surface area contributed by atoms with Gasteiger partial charge in [-0.3, -0.25) is 14.4 Å². The number of carbonyl (C=O) groups is 2. The Kier molecular flexibility index (Phi) is 5.55. The van der Waals surface area contributed by atoms with Gasteiger partial charge in [0.1, 0.15) is 11.5 Å². The monoisotopic (exact) mass is 389 g/mol. The Morgan fingerprint density at radius 1 is 1.32 bits per heavy atom. The molecule has 0 unspecified atom stereocenters. The number of aliphatic carboxylic acids is 1. The number of hydrogen-bond acceptors (Lipinski definition) is 5. The third-order valence-corrected chi connectivity index (χ3v) is 4.72. The van der Waals surface area contributed by atoms with E-state index in [1.165, 1.54) is 28.9 Å². The molecule has 0 bridgehead atoms. The van der Waals surface area contributed by atoms with Gasteiger partial charge >= 0.3 is 5.97 Å². The quantitative estimate of drug-likeness (QED) is 0.801. The van der Waals surface area contributed by atoms with E-state index >= 15 is 0 Å². The van der Waals surface area contributed by atoms with Gasteiger partial charge < -0.3 is 15.2 Å². The Morgan fingerprint density at radius 2 is 2.00 bits per heavy atom. The molecular formula is C19H20FN3O5. The second-order valence-corrected chi connectivity index (χ2v) is 6.78. The molecule has 0 radical (unpaired) electrons. The average molecular weight is 389 g/mol. The molecule has 1 fully saturated rings. The molecule has 1 saturated heterocycles. The predicted octanol–water partition coefficient (Wildman–Crippen LogP) is 1.43. The van der Waals surface area contributed by atoms with Gasteiger partial charge in [-0.15, -0.1) is 0 Å². The molecule has 3 rings (SSSR count). The first-order valence-corrected chi connectivity index (χ1v) is 8.79. The lowest BCUT2D eigenvalue weighted by molar-refractivity contribution is -0.139. The second-order valence-electron chi connectivity index (χ2n) is 6.78. The third kappa shape index (κ3) is 4.09. The van der Waals surface area contributed by atoms with Crippen LogP contribution in [0, 0.1) is 12.7 Å². The first-order valence-electron chi connectivity index (χ1n) is 8.79. The molecule has 2 N–H and O–H groups in total. The molecule has 0 saturated carbocycles. The van der Waals surface area contributed by atoms with Crippen molar-refractivity contribution in [3.63, 3.8) is 0 Å². The van der Waals surface area contributed by atoms with E-state index in [-0.39, 0.29) is 12.1 Å². The number of aryl methyl sites for hydroxylation is 1. The summed E-state index contributed by atoms with van der Waals surface area (Å²) in [6, 6.07) is 7.05. The molecule has 2 aromatic rings. The van der Waals surface area contributed by atoms with E-state index in [0.717, 1.165) is 0 Å². The topological polar surface area (TPSA) is 111 Å². The van der Waals surface area contributed by atoms with Crippen LogP contribution < -0.4 is 10.7 Å². The fraction of sp³-hybridized carbons (Fsp3) is 0.368. The van der Waals surface area contributed by atoms with Crippen molar-refractivity contribution in [2.45, 2.75) is 31.7 Å². The van der Waals surface area contributed by atoms with Crippen LogP contribution in [0.3, 0.4) is 0 Å². The van der Waals surface area contributed by atoms with Crippen LogP contribution >= 0.6 is 0 Å². The summed E-state index contributed by atoms with van der Waals surface area (Å²) in [7, 11) is 0. The Balaban J connectivity index is 1.97. The van der Waals surface area contributed by atoms with Crippen LogP contribution in [0.2, 0.25) is 0 Å². The maximum absolute atomic E-state index is 14.1. The number of halogens is 1. The number of nitrogens with one attached hydrogen (secondary N) is 1. The first-order chi connectivity index (χ1) is 13.3. The Morgan fingerprint density at radius 3 is 2.64 bits per heavy atom. The normalized spacial score (nSPS) is 15.8. The predicted molar refractivity (Wildman–Crippen MR) is 97.0 cm³/mol. The van der Waals surface area contributed by atoms with Crippen molar-refractivity contribution in [1.82, 2.24) is 15.1 Å². The molecular weight excluding hydrogens is 369 g/mol. The number of carboxylic acid groups (broad SMARTS) is 1. The van der Waals surface area contributed by atoms with Gasteiger partial charge in [0.05, 0.1) is 12.0 Å². The summed E-state index contributed by atoms with van der Waals surface area (Å²) in [4.78, 5) is 36.4. The summed E-state index contributed by atoms with van der Waals surface area (Å²) >= 11 is 0. The molecule has 2 heterocycles. The fourth-order valence-corrected chi connectivity index (χ4v) is 3.27. The highest BCUT2D eigenvalue weighted by atomic mass is 19.1.